The zero-order chi connectivity index (χ0) is 28.9. The highest BCUT2D eigenvalue weighted by molar-refractivity contribution is 9.10. The number of hydrogen-bond donors (Lipinski definition) is 0. The maximum atomic E-state index is 14.3. The van der Waals surface area contributed by atoms with E-state index in [1.807, 2.05) is 60.7 Å². The Labute approximate surface area is 259 Å². The van der Waals surface area contributed by atoms with Crippen LogP contribution in [0.2, 0.25) is 0 Å². The predicted molar refractivity (Wildman–Crippen MR) is 165 cm³/mol. The summed E-state index contributed by atoms with van der Waals surface area (Å²) < 4.78 is 1.56. The number of nitrogens with zero attached hydrogens (tertiary/aromatic N) is 2. The second kappa shape index (κ2) is 9.44. The van der Waals surface area contributed by atoms with Crippen LogP contribution in [0, 0.1) is 41.4 Å². The molecule has 0 radical (unpaired) electrons. The molecule has 0 N–H and O–H groups in total. The quantitative estimate of drug-likeness (QED) is 0.236. The maximum Gasteiger partial charge on any atom is 0.238 e. The largest absolute Gasteiger partial charge is 0.274 e. The Morgan fingerprint density at radius 2 is 1.19 bits per heavy atom. The first-order valence-electron chi connectivity index (χ1n) is 14.1. The van der Waals surface area contributed by atoms with Gasteiger partial charge in [0.05, 0.1) is 35.0 Å². The Hall–Kier alpha value is -3.62. The minimum absolute atomic E-state index is 0.201. The third kappa shape index (κ3) is 3.54. The predicted octanol–water partition coefficient (Wildman–Crippen LogP) is 6.41. The van der Waals surface area contributed by atoms with Gasteiger partial charge in [0.25, 0.3) is 0 Å². The summed E-state index contributed by atoms with van der Waals surface area (Å²) >= 11 is 6.95. The average molecular weight is 684 g/mol. The van der Waals surface area contributed by atoms with E-state index in [9.17, 15) is 19.2 Å². The third-order valence-corrected chi connectivity index (χ3v) is 10.8. The molecule has 0 spiro atoms. The SMILES string of the molecule is O=C1[C@@H]2[C@H]3C(=C(c4ccccc4)C[C@H]2C(=O)N1c1cccc(Br)c1)[C@H]1C=C[C@H]3[C@@H]2C(=O)N(c3cccc(Br)c3)C(=O)[C@@H]21. The van der Waals surface area contributed by atoms with Gasteiger partial charge in [0.2, 0.25) is 23.6 Å². The molecule has 9 rings (SSSR count). The highest BCUT2D eigenvalue weighted by Gasteiger charge is 2.67. The van der Waals surface area contributed by atoms with Gasteiger partial charge in [-0.15, -0.1) is 0 Å². The Balaban J connectivity index is 1.29. The zero-order valence-corrected chi connectivity index (χ0v) is 25.4. The van der Waals surface area contributed by atoms with E-state index in [-0.39, 0.29) is 41.4 Å². The number of hydrogen-bond acceptors (Lipinski definition) is 4. The van der Waals surface area contributed by atoms with Crippen molar-refractivity contribution in [2.45, 2.75) is 6.42 Å². The van der Waals surface area contributed by atoms with Crippen molar-refractivity contribution in [1.82, 2.24) is 0 Å². The molecule has 4 aliphatic carbocycles. The molecule has 2 bridgehead atoms. The smallest absolute Gasteiger partial charge is 0.238 e. The van der Waals surface area contributed by atoms with Crippen molar-refractivity contribution in [3.63, 3.8) is 0 Å². The molecule has 42 heavy (non-hydrogen) atoms. The molecule has 3 aromatic rings. The van der Waals surface area contributed by atoms with Crippen molar-refractivity contribution >= 4 is 72.4 Å². The van der Waals surface area contributed by atoms with E-state index in [2.05, 4.69) is 37.9 Å². The minimum Gasteiger partial charge on any atom is -0.274 e. The van der Waals surface area contributed by atoms with E-state index >= 15 is 0 Å². The molecule has 2 saturated heterocycles. The topological polar surface area (TPSA) is 74.8 Å². The highest BCUT2D eigenvalue weighted by atomic mass is 79.9. The fraction of sp³-hybridized carbons (Fsp3) is 0.235. The summed E-state index contributed by atoms with van der Waals surface area (Å²) in [7, 11) is 0. The van der Waals surface area contributed by atoms with E-state index in [0.717, 1.165) is 25.7 Å². The van der Waals surface area contributed by atoms with Gasteiger partial charge in [0.1, 0.15) is 0 Å². The molecule has 8 heteroatoms. The highest BCUT2D eigenvalue weighted by Crippen LogP contribution is 2.63. The molecule has 3 aromatic carbocycles. The summed E-state index contributed by atoms with van der Waals surface area (Å²) in [5, 5.41) is 0. The number of halogens is 2. The first-order valence-corrected chi connectivity index (χ1v) is 15.7. The van der Waals surface area contributed by atoms with Crippen LogP contribution >= 0.6 is 31.9 Å². The van der Waals surface area contributed by atoms with E-state index in [1.165, 1.54) is 9.80 Å². The lowest BCUT2D eigenvalue weighted by atomic mass is 9.49. The molecule has 7 atom stereocenters. The Morgan fingerprint density at radius 3 is 1.83 bits per heavy atom. The van der Waals surface area contributed by atoms with Crippen LogP contribution in [0.5, 0.6) is 0 Å². The molecule has 6 nitrogen and oxygen atoms in total. The number of fused-ring (bicyclic) bond motifs is 1. The van der Waals surface area contributed by atoms with E-state index in [1.54, 1.807) is 24.3 Å². The monoisotopic (exact) mass is 682 g/mol. The summed E-state index contributed by atoms with van der Waals surface area (Å²) in [6.45, 7) is 0. The van der Waals surface area contributed by atoms with Crippen molar-refractivity contribution < 1.29 is 19.2 Å². The lowest BCUT2D eigenvalue weighted by Crippen LogP contribution is -2.51. The zero-order valence-electron chi connectivity index (χ0n) is 22.2. The lowest BCUT2D eigenvalue weighted by molar-refractivity contribution is -0.129. The minimum atomic E-state index is -0.597. The van der Waals surface area contributed by atoms with Gasteiger partial charge in [0.15, 0.2) is 0 Å². The molecule has 0 unspecified atom stereocenters. The normalized spacial score (nSPS) is 31.1. The van der Waals surface area contributed by atoms with Gasteiger partial charge in [-0.2, -0.15) is 0 Å². The summed E-state index contributed by atoms with van der Waals surface area (Å²) in [5.41, 5.74) is 4.15. The first-order chi connectivity index (χ1) is 20.3. The Bertz CT molecular complexity index is 1780. The summed E-state index contributed by atoms with van der Waals surface area (Å²) in [4.78, 5) is 59.2. The molecule has 4 amide bonds. The van der Waals surface area contributed by atoms with E-state index < -0.39 is 23.7 Å². The molecule has 208 valence electrons. The number of anilines is 2. The molecular weight excluding hydrogens is 660 g/mol. The van der Waals surface area contributed by atoms with Crippen molar-refractivity contribution in [1.29, 1.82) is 0 Å². The van der Waals surface area contributed by atoms with Gasteiger partial charge in [-0.3, -0.25) is 19.2 Å². The molecule has 2 aliphatic heterocycles. The van der Waals surface area contributed by atoms with E-state index in [0.29, 0.717) is 17.8 Å². The standard InChI is InChI=1S/C34H24Br2N2O4/c35-18-8-4-10-20(14-18)37-31(39)25-16-24(17-6-2-1-3-7-17)26-22-12-13-23(27(26)30(25)34(37)42)29-28(22)32(40)38(33(29)41)21-11-5-9-19(36)15-21/h1-15,22-23,25,27-30H,16H2/t22-,23-,25-,27-,28-,29+,30+/m1/s1. The first kappa shape index (κ1) is 26.0. The third-order valence-electron chi connectivity index (χ3n) is 9.76. The molecule has 2 heterocycles. The van der Waals surface area contributed by atoms with Crippen LogP contribution in [0.25, 0.3) is 5.57 Å². The van der Waals surface area contributed by atoms with Crippen LogP contribution in [-0.2, 0) is 19.2 Å². The fourth-order valence-electron chi connectivity index (χ4n) is 8.26. The van der Waals surface area contributed by atoms with Crippen molar-refractivity contribution in [3.05, 3.63) is 111 Å². The van der Waals surface area contributed by atoms with Gasteiger partial charge in [-0.05, 0) is 59.9 Å². The van der Waals surface area contributed by atoms with Crippen molar-refractivity contribution in [2.75, 3.05) is 9.80 Å². The van der Waals surface area contributed by atoms with Gasteiger partial charge in [-0.25, -0.2) is 9.80 Å². The fourth-order valence-corrected chi connectivity index (χ4v) is 9.03. The number of benzene rings is 3. The van der Waals surface area contributed by atoms with Crippen LogP contribution < -0.4 is 9.80 Å². The number of amides is 4. The van der Waals surface area contributed by atoms with Gasteiger partial charge >= 0.3 is 0 Å². The second-order valence-corrected chi connectivity index (χ2v) is 13.5. The number of allylic oxidation sites excluding steroid dienone is 4. The van der Waals surface area contributed by atoms with E-state index in [4.69, 9.17) is 0 Å². The van der Waals surface area contributed by atoms with Crippen molar-refractivity contribution in [3.8, 4) is 0 Å². The average Bonchev–Trinajstić information content (AvgIpc) is 3.42. The van der Waals surface area contributed by atoms with Crippen LogP contribution in [0.4, 0.5) is 11.4 Å². The number of imide groups is 2. The number of carbonyl (C=O) groups is 4. The summed E-state index contributed by atoms with van der Waals surface area (Å²) in [6.07, 6.45) is 4.53. The van der Waals surface area contributed by atoms with Crippen molar-refractivity contribution in [2.24, 2.45) is 41.4 Å². The number of rotatable bonds is 3. The van der Waals surface area contributed by atoms with Gasteiger partial charge in [-0.1, -0.05) is 92.0 Å². The molecule has 3 fully saturated rings. The molecule has 0 aromatic heterocycles. The summed E-state index contributed by atoms with van der Waals surface area (Å²) in [5.74, 6) is -4.16. The summed E-state index contributed by atoms with van der Waals surface area (Å²) in [6, 6.07) is 24.4. The second-order valence-electron chi connectivity index (χ2n) is 11.7. The Morgan fingerprint density at radius 1 is 0.595 bits per heavy atom. The van der Waals surface area contributed by atoms with Crippen LogP contribution in [0.3, 0.4) is 0 Å². The maximum absolute atomic E-state index is 14.3. The molecule has 6 aliphatic rings. The number of carbonyl (C=O) groups excluding carboxylic acids is 4. The van der Waals surface area contributed by atoms with Crippen LogP contribution in [0.15, 0.2) is 106 Å². The molecular formula is C34H24Br2N2O4. The lowest BCUT2D eigenvalue weighted by Gasteiger charge is -2.51. The Kier molecular flexibility index (Phi) is 5.86. The van der Waals surface area contributed by atoms with Gasteiger partial charge in [0, 0.05) is 20.8 Å². The molecule has 1 saturated carbocycles. The van der Waals surface area contributed by atoms with Gasteiger partial charge < -0.3 is 0 Å². The van der Waals surface area contributed by atoms with Crippen LogP contribution in [0.1, 0.15) is 12.0 Å². The van der Waals surface area contributed by atoms with Crippen LogP contribution in [-0.4, -0.2) is 23.6 Å².